The Balaban J connectivity index is 2.84. The molecule has 0 aromatic heterocycles. The fourth-order valence-electron chi connectivity index (χ4n) is 1.56. The molecule has 0 spiro atoms. The number of nitro benzene ring substituents is 1. The fraction of sp³-hybridized carbons (Fsp3) is 0.417. The van der Waals surface area contributed by atoms with Crippen LogP contribution in [-0.2, 0) is 4.79 Å². The van der Waals surface area contributed by atoms with E-state index in [-0.39, 0.29) is 22.3 Å². The van der Waals surface area contributed by atoms with Gasteiger partial charge in [-0.3, -0.25) is 14.9 Å². The summed E-state index contributed by atoms with van der Waals surface area (Å²) in [5, 5.41) is 13.4. The van der Waals surface area contributed by atoms with Gasteiger partial charge in [0.15, 0.2) is 0 Å². The van der Waals surface area contributed by atoms with Crippen molar-refractivity contribution < 1.29 is 9.72 Å². The van der Waals surface area contributed by atoms with Crippen LogP contribution in [-0.4, -0.2) is 16.9 Å². The first kappa shape index (κ1) is 15.4. The van der Waals surface area contributed by atoms with Crippen LogP contribution in [0.15, 0.2) is 18.2 Å². The standard InChI is InChI=1S/C12H16ClN3O3/c1-7(2)5-10(14)12(17)15-11-6-8(16(18)19)3-4-9(11)13/h3-4,6-7,10H,5,14H2,1-2H3,(H,15,17). The molecule has 1 amide bonds. The highest BCUT2D eigenvalue weighted by molar-refractivity contribution is 6.33. The summed E-state index contributed by atoms with van der Waals surface area (Å²) in [5.74, 6) is -0.127. The lowest BCUT2D eigenvalue weighted by Gasteiger charge is -2.14. The number of nitrogens with two attached hydrogens (primary N) is 1. The predicted molar refractivity (Wildman–Crippen MR) is 74.2 cm³/mol. The summed E-state index contributed by atoms with van der Waals surface area (Å²) in [6, 6.07) is 3.17. The first-order chi connectivity index (χ1) is 8.81. The van der Waals surface area contributed by atoms with Gasteiger partial charge in [-0.2, -0.15) is 0 Å². The van der Waals surface area contributed by atoms with Crippen molar-refractivity contribution in [1.82, 2.24) is 0 Å². The molecule has 0 bridgehead atoms. The van der Waals surface area contributed by atoms with Gasteiger partial charge in [-0.1, -0.05) is 25.4 Å². The molecular formula is C12H16ClN3O3. The second-order valence-electron chi connectivity index (χ2n) is 4.65. The number of nitrogens with zero attached hydrogens (tertiary/aromatic N) is 1. The van der Waals surface area contributed by atoms with Crippen LogP contribution in [0.5, 0.6) is 0 Å². The van der Waals surface area contributed by atoms with Crippen LogP contribution >= 0.6 is 11.6 Å². The van der Waals surface area contributed by atoms with Crippen LogP contribution in [0.1, 0.15) is 20.3 Å². The zero-order chi connectivity index (χ0) is 14.6. The van der Waals surface area contributed by atoms with Crippen molar-refractivity contribution in [2.75, 3.05) is 5.32 Å². The summed E-state index contributed by atoms with van der Waals surface area (Å²) < 4.78 is 0. The number of carbonyl (C=O) groups is 1. The monoisotopic (exact) mass is 285 g/mol. The topological polar surface area (TPSA) is 98.3 Å². The maximum atomic E-state index is 11.8. The number of anilines is 1. The normalized spacial score (nSPS) is 12.3. The molecule has 1 atom stereocenters. The zero-order valence-electron chi connectivity index (χ0n) is 10.7. The van der Waals surface area contributed by atoms with Gasteiger partial charge in [0, 0.05) is 12.1 Å². The molecule has 0 aliphatic rings. The van der Waals surface area contributed by atoms with Crippen LogP contribution in [0.2, 0.25) is 5.02 Å². The van der Waals surface area contributed by atoms with Crippen LogP contribution in [0, 0.1) is 16.0 Å². The Kier molecular flexibility index (Phi) is 5.26. The van der Waals surface area contributed by atoms with Crippen molar-refractivity contribution in [2.45, 2.75) is 26.3 Å². The molecule has 0 fully saturated rings. The SMILES string of the molecule is CC(C)CC(N)C(=O)Nc1cc([N+](=O)[O-])ccc1Cl. The van der Waals surface area contributed by atoms with Gasteiger partial charge in [-0.25, -0.2) is 0 Å². The summed E-state index contributed by atoms with van der Waals surface area (Å²) in [4.78, 5) is 21.9. The summed E-state index contributed by atoms with van der Waals surface area (Å²) in [7, 11) is 0. The molecule has 1 unspecified atom stereocenters. The van der Waals surface area contributed by atoms with Gasteiger partial charge in [-0.15, -0.1) is 0 Å². The summed E-state index contributed by atoms with van der Waals surface area (Å²) in [6.45, 7) is 3.90. The predicted octanol–water partition coefficient (Wildman–Crippen LogP) is 2.56. The molecular weight excluding hydrogens is 270 g/mol. The van der Waals surface area contributed by atoms with Crippen molar-refractivity contribution in [3.63, 3.8) is 0 Å². The van der Waals surface area contributed by atoms with E-state index in [9.17, 15) is 14.9 Å². The van der Waals surface area contributed by atoms with Gasteiger partial charge >= 0.3 is 0 Å². The minimum absolute atomic E-state index is 0.142. The molecule has 1 aromatic rings. The molecule has 1 aromatic carbocycles. The summed E-state index contributed by atoms with van der Waals surface area (Å²) in [5.41, 5.74) is 5.78. The first-order valence-electron chi connectivity index (χ1n) is 5.81. The van der Waals surface area contributed by atoms with E-state index in [2.05, 4.69) is 5.32 Å². The van der Waals surface area contributed by atoms with Gasteiger partial charge < -0.3 is 11.1 Å². The van der Waals surface area contributed by atoms with Gasteiger partial charge in [0.05, 0.1) is 21.7 Å². The number of nitro groups is 1. The molecule has 19 heavy (non-hydrogen) atoms. The van der Waals surface area contributed by atoms with E-state index in [1.807, 2.05) is 13.8 Å². The Morgan fingerprint density at radius 1 is 1.53 bits per heavy atom. The fourth-order valence-corrected chi connectivity index (χ4v) is 1.73. The lowest BCUT2D eigenvalue weighted by Crippen LogP contribution is -2.36. The van der Waals surface area contributed by atoms with Gasteiger partial charge in [0.2, 0.25) is 5.91 Å². The molecule has 0 radical (unpaired) electrons. The van der Waals surface area contributed by atoms with E-state index in [0.29, 0.717) is 6.42 Å². The van der Waals surface area contributed by atoms with E-state index in [1.165, 1.54) is 18.2 Å². The Morgan fingerprint density at radius 2 is 2.16 bits per heavy atom. The molecule has 6 nitrogen and oxygen atoms in total. The second kappa shape index (κ2) is 6.49. The van der Waals surface area contributed by atoms with E-state index >= 15 is 0 Å². The summed E-state index contributed by atoms with van der Waals surface area (Å²) in [6.07, 6.45) is 0.526. The Labute approximate surface area is 116 Å². The number of rotatable bonds is 5. The highest BCUT2D eigenvalue weighted by Gasteiger charge is 2.17. The molecule has 0 saturated heterocycles. The number of benzene rings is 1. The minimum atomic E-state index is -0.671. The molecule has 1 rings (SSSR count). The van der Waals surface area contributed by atoms with Crippen molar-refractivity contribution in [3.8, 4) is 0 Å². The third-order valence-corrected chi connectivity index (χ3v) is 2.81. The lowest BCUT2D eigenvalue weighted by atomic mass is 10.0. The number of carbonyl (C=O) groups excluding carboxylic acids is 1. The van der Waals surface area contributed by atoms with Crippen molar-refractivity contribution in [1.29, 1.82) is 0 Å². The number of amides is 1. The molecule has 0 aliphatic carbocycles. The number of non-ortho nitro benzene ring substituents is 1. The third-order valence-electron chi connectivity index (χ3n) is 2.48. The van der Waals surface area contributed by atoms with Gasteiger partial charge in [-0.05, 0) is 18.4 Å². The maximum Gasteiger partial charge on any atom is 0.271 e. The average Bonchev–Trinajstić information content (AvgIpc) is 2.30. The smallest absolute Gasteiger partial charge is 0.271 e. The molecule has 0 saturated carbocycles. The molecule has 3 N–H and O–H groups in total. The number of halogens is 1. The summed E-state index contributed by atoms with van der Waals surface area (Å²) >= 11 is 5.88. The van der Waals surface area contributed by atoms with Crippen LogP contribution < -0.4 is 11.1 Å². The highest BCUT2D eigenvalue weighted by Crippen LogP contribution is 2.26. The van der Waals surface area contributed by atoms with Crippen molar-refractivity contribution in [3.05, 3.63) is 33.3 Å². The maximum absolute atomic E-state index is 11.8. The molecule has 0 heterocycles. The Hall–Kier alpha value is -1.66. The number of hydrogen-bond donors (Lipinski definition) is 2. The van der Waals surface area contributed by atoms with E-state index < -0.39 is 16.9 Å². The molecule has 0 aliphatic heterocycles. The van der Waals surface area contributed by atoms with Gasteiger partial charge in [0.25, 0.3) is 5.69 Å². The first-order valence-corrected chi connectivity index (χ1v) is 6.19. The number of nitrogens with one attached hydrogen (secondary N) is 1. The van der Waals surface area contributed by atoms with E-state index in [1.54, 1.807) is 0 Å². The second-order valence-corrected chi connectivity index (χ2v) is 5.05. The van der Waals surface area contributed by atoms with E-state index in [0.717, 1.165) is 0 Å². The third kappa shape index (κ3) is 4.50. The lowest BCUT2D eigenvalue weighted by molar-refractivity contribution is -0.384. The Morgan fingerprint density at radius 3 is 2.68 bits per heavy atom. The zero-order valence-corrected chi connectivity index (χ0v) is 11.5. The highest BCUT2D eigenvalue weighted by atomic mass is 35.5. The number of hydrogen-bond acceptors (Lipinski definition) is 4. The van der Waals surface area contributed by atoms with Gasteiger partial charge in [0.1, 0.15) is 0 Å². The van der Waals surface area contributed by atoms with Crippen molar-refractivity contribution in [2.24, 2.45) is 11.7 Å². The quantitative estimate of drug-likeness (QED) is 0.641. The van der Waals surface area contributed by atoms with Crippen LogP contribution in [0.4, 0.5) is 11.4 Å². The van der Waals surface area contributed by atoms with Crippen molar-refractivity contribution >= 4 is 28.9 Å². The van der Waals surface area contributed by atoms with E-state index in [4.69, 9.17) is 17.3 Å². The molecule has 104 valence electrons. The van der Waals surface area contributed by atoms with Crippen LogP contribution in [0.3, 0.4) is 0 Å². The van der Waals surface area contributed by atoms with Crippen LogP contribution in [0.25, 0.3) is 0 Å². The molecule has 7 heteroatoms. The largest absolute Gasteiger partial charge is 0.323 e. The minimum Gasteiger partial charge on any atom is -0.323 e. The average molecular weight is 286 g/mol. The Bertz CT molecular complexity index is 491.